The molecule has 0 aromatic heterocycles. The number of anilines is 2. The van der Waals surface area contributed by atoms with Gasteiger partial charge in [0.15, 0.2) is 0 Å². The molecule has 3 aromatic carbocycles. The highest BCUT2D eigenvalue weighted by molar-refractivity contribution is 6.10. The average Bonchev–Trinajstić information content (AvgIpc) is 2.79. The molecule has 3 amide bonds. The Hall–Kier alpha value is -4.27. The maximum absolute atomic E-state index is 13.7. The van der Waals surface area contributed by atoms with Gasteiger partial charge in [0.25, 0.3) is 11.8 Å². The second kappa shape index (κ2) is 10.9. The van der Waals surface area contributed by atoms with Crippen molar-refractivity contribution < 1.29 is 27.9 Å². The first-order valence-corrected chi connectivity index (χ1v) is 9.95. The van der Waals surface area contributed by atoms with Gasteiger partial charge in [0, 0.05) is 30.8 Å². The topological polar surface area (TPSA) is 96.5 Å². The number of rotatable bonds is 8. The summed E-state index contributed by atoms with van der Waals surface area (Å²) in [5.74, 6) is -2.86. The van der Waals surface area contributed by atoms with E-state index in [1.165, 1.54) is 7.11 Å². The molecule has 0 heterocycles. The maximum atomic E-state index is 13.7. The van der Waals surface area contributed by atoms with Crippen molar-refractivity contribution in [1.82, 2.24) is 5.32 Å². The largest absolute Gasteiger partial charge is 0.497 e. The molecule has 33 heavy (non-hydrogen) atoms. The van der Waals surface area contributed by atoms with Gasteiger partial charge in [0.05, 0.1) is 23.9 Å². The minimum Gasteiger partial charge on any atom is -0.497 e. The van der Waals surface area contributed by atoms with Gasteiger partial charge in [0.1, 0.15) is 17.4 Å². The van der Waals surface area contributed by atoms with Crippen molar-refractivity contribution in [2.45, 2.75) is 6.42 Å². The van der Waals surface area contributed by atoms with Gasteiger partial charge >= 0.3 is 0 Å². The van der Waals surface area contributed by atoms with Crippen LogP contribution in [-0.2, 0) is 4.79 Å². The number of ether oxygens (including phenoxy) is 1. The summed E-state index contributed by atoms with van der Waals surface area (Å²) < 4.78 is 31.8. The van der Waals surface area contributed by atoms with Crippen LogP contribution in [0.1, 0.15) is 27.1 Å². The number of halogens is 2. The van der Waals surface area contributed by atoms with E-state index < -0.39 is 29.4 Å². The number of benzene rings is 3. The summed E-state index contributed by atoms with van der Waals surface area (Å²) in [7, 11) is 1.52. The highest BCUT2D eigenvalue weighted by atomic mass is 19.1. The van der Waals surface area contributed by atoms with E-state index in [0.717, 1.165) is 12.1 Å². The van der Waals surface area contributed by atoms with Crippen LogP contribution in [0.5, 0.6) is 5.75 Å². The van der Waals surface area contributed by atoms with E-state index in [2.05, 4.69) is 16.0 Å². The summed E-state index contributed by atoms with van der Waals surface area (Å²) in [5, 5.41) is 7.78. The van der Waals surface area contributed by atoms with Crippen LogP contribution in [-0.4, -0.2) is 31.4 Å². The maximum Gasteiger partial charge on any atom is 0.257 e. The highest BCUT2D eigenvalue weighted by Crippen LogP contribution is 2.20. The molecule has 0 spiro atoms. The molecule has 0 radical (unpaired) electrons. The standard InChI is InChI=1S/C24H21F2N3O4/c1-33-17-6-4-5-16(14-17)28-24(32)19-7-2-3-8-21(19)29-22(30)11-12-27-23(31)18-10-9-15(25)13-20(18)26/h2-10,13-14H,11-12H2,1H3,(H,27,31)(H,28,32)(H,29,30). The van der Waals surface area contributed by atoms with E-state index in [4.69, 9.17) is 4.74 Å². The lowest BCUT2D eigenvalue weighted by molar-refractivity contribution is -0.116. The first kappa shape index (κ1) is 23.4. The van der Waals surface area contributed by atoms with Gasteiger partial charge in [-0.2, -0.15) is 0 Å². The lowest BCUT2D eigenvalue weighted by atomic mass is 10.1. The van der Waals surface area contributed by atoms with Crippen molar-refractivity contribution in [3.05, 3.63) is 89.5 Å². The number of hydrogen-bond donors (Lipinski definition) is 3. The SMILES string of the molecule is COc1cccc(NC(=O)c2ccccc2NC(=O)CCNC(=O)c2ccc(F)cc2F)c1. The summed E-state index contributed by atoms with van der Waals surface area (Å²) in [6.45, 7) is -0.0837. The number of nitrogens with one attached hydrogen (secondary N) is 3. The van der Waals surface area contributed by atoms with Gasteiger partial charge in [-0.3, -0.25) is 14.4 Å². The first-order chi connectivity index (χ1) is 15.9. The van der Waals surface area contributed by atoms with Crippen molar-refractivity contribution in [2.75, 3.05) is 24.3 Å². The number of methoxy groups -OCH3 is 1. The molecule has 0 aliphatic carbocycles. The summed E-state index contributed by atoms with van der Waals surface area (Å²) in [4.78, 5) is 37.0. The Morgan fingerprint density at radius 1 is 0.848 bits per heavy atom. The first-order valence-electron chi connectivity index (χ1n) is 9.95. The van der Waals surface area contributed by atoms with E-state index in [-0.39, 0.29) is 24.1 Å². The molecule has 0 aliphatic rings. The fraction of sp³-hybridized carbons (Fsp3) is 0.125. The van der Waals surface area contributed by atoms with Crippen LogP contribution in [0, 0.1) is 11.6 Å². The second-order valence-electron chi connectivity index (χ2n) is 6.91. The van der Waals surface area contributed by atoms with Crippen molar-refractivity contribution in [3.8, 4) is 5.75 Å². The summed E-state index contributed by atoms with van der Waals surface area (Å²) in [6, 6.07) is 15.9. The van der Waals surface area contributed by atoms with E-state index >= 15 is 0 Å². The lowest BCUT2D eigenvalue weighted by Crippen LogP contribution is -2.28. The third kappa shape index (κ3) is 6.36. The Balaban J connectivity index is 1.57. The molecule has 3 N–H and O–H groups in total. The van der Waals surface area contributed by atoms with Crippen LogP contribution in [0.15, 0.2) is 66.7 Å². The number of carbonyl (C=O) groups is 3. The third-order valence-electron chi connectivity index (χ3n) is 4.59. The summed E-state index contributed by atoms with van der Waals surface area (Å²) in [5.41, 5.74) is 0.734. The zero-order valence-electron chi connectivity index (χ0n) is 17.7. The molecule has 170 valence electrons. The zero-order chi connectivity index (χ0) is 23.8. The van der Waals surface area contributed by atoms with Crippen molar-refractivity contribution in [2.24, 2.45) is 0 Å². The summed E-state index contributed by atoms with van der Waals surface area (Å²) >= 11 is 0. The molecule has 0 unspecified atom stereocenters. The third-order valence-corrected chi connectivity index (χ3v) is 4.59. The normalized spacial score (nSPS) is 10.3. The van der Waals surface area contributed by atoms with Gasteiger partial charge in [-0.05, 0) is 36.4 Å². The van der Waals surface area contributed by atoms with Crippen LogP contribution in [0.2, 0.25) is 0 Å². The summed E-state index contributed by atoms with van der Waals surface area (Å²) in [6.07, 6.45) is -0.125. The molecule has 0 saturated heterocycles. The molecule has 3 rings (SSSR count). The predicted octanol–water partition coefficient (Wildman–Crippen LogP) is 3.98. The van der Waals surface area contributed by atoms with Crippen molar-refractivity contribution in [1.29, 1.82) is 0 Å². The Morgan fingerprint density at radius 2 is 1.64 bits per heavy atom. The van der Waals surface area contributed by atoms with E-state index in [9.17, 15) is 23.2 Å². The molecule has 0 aliphatic heterocycles. The molecule has 3 aromatic rings. The van der Waals surface area contributed by atoms with Crippen LogP contribution in [0.25, 0.3) is 0 Å². The van der Waals surface area contributed by atoms with Gasteiger partial charge < -0.3 is 20.7 Å². The van der Waals surface area contributed by atoms with Crippen molar-refractivity contribution >= 4 is 29.1 Å². The minimum absolute atomic E-state index is 0.0837. The number of para-hydroxylation sites is 1. The Bertz CT molecular complexity index is 1180. The molecule has 0 fully saturated rings. The molecule has 0 atom stereocenters. The molecule has 9 heteroatoms. The number of hydrogen-bond acceptors (Lipinski definition) is 4. The van der Waals surface area contributed by atoms with E-state index in [0.29, 0.717) is 23.2 Å². The fourth-order valence-electron chi connectivity index (χ4n) is 2.96. The number of amides is 3. The van der Waals surface area contributed by atoms with Crippen LogP contribution >= 0.6 is 0 Å². The molecule has 0 bridgehead atoms. The van der Waals surface area contributed by atoms with E-state index in [1.54, 1.807) is 48.5 Å². The Labute approximate surface area is 188 Å². The Kier molecular flexibility index (Phi) is 7.69. The lowest BCUT2D eigenvalue weighted by Gasteiger charge is -2.12. The smallest absolute Gasteiger partial charge is 0.257 e. The van der Waals surface area contributed by atoms with E-state index in [1.807, 2.05) is 0 Å². The molecular formula is C24H21F2N3O4. The quantitative estimate of drug-likeness (QED) is 0.481. The van der Waals surface area contributed by atoms with Gasteiger partial charge in [-0.15, -0.1) is 0 Å². The van der Waals surface area contributed by atoms with Gasteiger partial charge in [-0.1, -0.05) is 18.2 Å². The highest BCUT2D eigenvalue weighted by Gasteiger charge is 2.15. The second-order valence-corrected chi connectivity index (χ2v) is 6.91. The average molecular weight is 453 g/mol. The number of carbonyl (C=O) groups excluding carboxylic acids is 3. The predicted molar refractivity (Wildman–Crippen MR) is 119 cm³/mol. The monoisotopic (exact) mass is 453 g/mol. The fourth-order valence-corrected chi connectivity index (χ4v) is 2.96. The Morgan fingerprint density at radius 3 is 2.39 bits per heavy atom. The molecule has 7 nitrogen and oxygen atoms in total. The van der Waals surface area contributed by atoms with Gasteiger partial charge in [-0.25, -0.2) is 8.78 Å². The van der Waals surface area contributed by atoms with Gasteiger partial charge in [0.2, 0.25) is 5.91 Å². The molecule has 0 saturated carbocycles. The van der Waals surface area contributed by atoms with Crippen LogP contribution < -0.4 is 20.7 Å². The van der Waals surface area contributed by atoms with Crippen LogP contribution in [0.3, 0.4) is 0 Å². The van der Waals surface area contributed by atoms with Crippen LogP contribution in [0.4, 0.5) is 20.2 Å². The molecular weight excluding hydrogens is 432 g/mol. The van der Waals surface area contributed by atoms with Crippen molar-refractivity contribution in [3.63, 3.8) is 0 Å². The zero-order valence-corrected chi connectivity index (χ0v) is 17.7. The minimum atomic E-state index is -0.993.